The summed E-state index contributed by atoms with van der Waals surface area (Å²) in [5.74, 6) is -0.444. The number of aliphatic carboxylic acids is 1. The van der Waals surface area contributed by atoms with Crippen molar-refractivity contribution in [3.63, 3.8) is 0 Å². The van der Waals surface area contributed by atoms with Crippen LogP contribution in [-0.2, 0) is 4.79 Å². The minimum absolute atomic E-state index is 0.164. The summed E-state index contributed by atoms with van der Waals surface area (Å²) in [6.45, 7) is 2.35. The summed E-state index contributed by atoms with van der Waals surface area (Å²) in [4.78, 5) is 33.7. The molecule has 7 nitrogen and oxygen atoms in total. The number of benzene rings is 1. The van der Waals surface area contributed by atoms with Crippen molar-refractivity contribution in [2.45, 2.75) is 13.3 Å². The molecule has 0 bridgehead atoms. The van der Waals surface area contributed by atoms with Gasteiger partial charge in [-0.1, -0.05) is 6.07 Å². The number of aromatic nitrogens is 2. The SMILES string of the molecule is C[C@]1(C(=O)O)CCN(C(=O)c2cccc(Nc3cnccn3)c2)C1. The minimum Gasteiger partial charge on any atom is -0.481 e. The standard InChI is InChI=1S/C17H18N4O3/c1-17(16(23)24)5-8-21(11-17)15(22)12-3-2-4-13(9-12)20-14-10-18-6-7-19-14/h2-4,6-7,9-10H,5,8,11H2,1H3,(H,19,20)(H,23,24)/t17-/m0/s1. The summed E-state index contributed by atoms with van der Waals surface area (Å²) >= 11 is 0. The number of rotatable bonds is 4. The molecule has 24 heavy (non-hydrogen) atoms. The van der Waals surface area contributed by atoms with Gasteiger partial charge in [-0.25, -0.2) is 4.98 Å². The number of carbonyl (C=O) groups excluding carboxylic acids is 1. The molecule has 0 spiro atoms. The molecule has 0 radical (unpaired) electrons. The van der Waals surface area contributed by atoms with E-state index in [0.717, 1.165) is 5.69 Å². The van der Waals surface area contributed by atoms with E-state index in [1.165, 1.54) is 0 Å². The molecule has 0 aliphatic carbocycles. The highest BCUT2D eigenvalue weighted by Gasteiger charge is 2.42. The maximum absolute atomic E-state index is 12.6. The lowest BCUT2D eigenvalue weighted by atomic mass is 9.90. The fourth-order valence-corrected chi connectivity index (χ4v) is 2.73. The van der Waals surface area contributed by atoms with Gasteiger partial charge >= 0.3 is 5.97 Å². The monoisotopic (exact) mass is 326 g/mol. The van der Waals surface area contributed by atoms with Gasteiger partial charge in [0.2, 0.25) is 0 Å². The quantitative estimate of drug-likeness (QED) is 0.894. The summed E-state index contributed by atoms with van der Waals surface area (Å²) in [7, 11) is 0. The topological polar surface area (TPSA) is 95.4 Å². The van der Waals surface area contributed by atoms with Crippen LogP contribution in [0.15, 0.2) is 42.9 Å². The Morgan fingerprint density at radius 3 is 2.83 bits per heavy atom. The number of amides is 1. The summed E-state index contributed by atoms with van der Waals surface area (Å²) in [6, 6.07) is 7.06. The van der Waals surface area contributed by atoms with Gasteiger partial charge < -0.3 is 15.3 Å². The molecule has 0 unspecified atom stereocenters. The predicted molar refractivity (Wildman–Crippen MR) is 88.0 cm³/mol. The van der Waals surface area contributed by atoms with Crippen molar-refractivity contribution in [2.75, 3.05) is 18.4 Å². The van der Waals surface area contributed by atoms with E-state index in [1.807, 2.05) is 6.07 Å². The van der Waals surface area contributed by atoms with E-state index in [-0.39, 0.29) is 12.5 Å². The van der Waals surface area contributed by atoms with E-state index in [4.69, 9.17) is 0 Å². The van der Waals surface area contributed by atoms with Crippen molar-refractivity contribution in [1.29, 1.82) is 0 Å². The molecule has 124 valence electrons. The summed E-state index contributed by atoms with van der Waals surface area (Å²) < 4.78 is 0. The zero-order valence-corrected chi connectivity index (χ0v) is 13.3. The first-order valence-electron chi connectivity index (χ1n) is 7.64. The van der Waals surface area contributed by atoms with Crippen molar-refractivity contribution < 1.29 is 14.7 Å². The van der Waals surface area contributed by atoms with Crippen LogP contribution in [0.1, 0.15) is 23.7 Å². The molecule has 1 aliphatic rings. The van der Waals surface area contributed by atoms with Crippen LogP contribution in [0.5, 0.6) is 0 Å². The first-order valence-corrected chi connectivity index (χ1v) is 7.64. The molecule has 1 aliphatic heterocycles. The maximum Gasteiger partial charge on any atom is 0.311 e. The van der Waals surface area contributed by atoms with Gasteiger partial charge in [0.1, 0.15) is 5.82 Å². The van der Waals surface area contributed by atoms with Crippen molar-refractivity contribution in [1.82, 2.24) is 14.9 Å². The lowest BCUT2D eigenvalue weighted by molar-refractivity contribution is -0.147. The van der Waals surface area contributed by atoms with Crippen molar-refractivity contribution in [3.8, 4) is 0 Å². The highest BCUT2D eigenvalue weighted by molar-refractivity contribution is 5.96. The molecule has 1 saturated heterocycles. The Bertz CT molecular complexity index is 765. The Kier molecular flexibility index (Phi) is 4.16. The second-order valence-corrected chi connectivity index (χ2v) is 6.14. The largest absolute Gasteiger partial charge is 0.481 e. The van der Waals surface area contributed by atoms with Crippen molar-refractivity contribution in [2.24, 2.45) is 5.41 Å². The van der Waals surface area contributed by atoms with Crippen LogP contribution >= 0.6 is 0 Å². The number of hydrogen-bond donors (Lipinski definition) is 2. The second-order valence-electron chi connectivity index (χ2n) is 6.14. The molecule has 2 N–H and O–H groups in total. The molecule has 3 rings (SSSR count). The Morgan fingerprint density at radius 1 is 1.33 bits per heavy atom. The molecule has 1 aromatic heterocycles. The average Bonchev–Trinajstić information content (AvgIpc) is 2.99. The Balaban J connectivity index is 1.74. The van der Waals surface area contributed by atoms with Crippen LogP contribution in [0.4, 0.5) is 11.5 Å². The number of hydrogen-bond acceptors (Lipinski definition) is 5. The van der Waals surface area contributed by atoms with Gasteiger partial charge in [0, 0.05) is 36.7 Å². The van der Waals surface area contributed by atoms with Crippen LogP contribution in [-0.4, -0.2) is 44.9 Å². The molecule has 1 fully saturated rings. The number of carboxylic acids is 1. The number of likely N-dealkylation sites (tertiary alicyclic amines) is 1. The summed E-state index contributed by atoms with van der Waals surface area (Å²) in [5.41, 5.74) is 0.366. The van der Waals surface area contributed by atoms with Gasteiger partial charge in [-0.2, -0.15) is 0 Å². The van der Waals surface area contributed by atoms with Crippen molar-refractivity contribution >= 4 is 23.4 Å². The molecule has 1 aromatic carbocycles. The normalized spacial score (nSPS) is 20.0. The highest BCUT2D eigenvalue weighted by atomic mass is 16.4. The van der Waals surface area contributed by atoms with Gasteiger partial charge in [-0.05, 0) is 31.5 Å². The van der Waals surface area contributed by atoms with E-state index in [2.05, 4.69) is 15.3 Å². The van der Waals surface area contributed by atoms with Crippen LogP contribution in [0.3, 0.4) is 0 Å². The highest BCUT2D eigenvalue weighted by Crippen LogP contribution is 2.31. The third-order valence-corrected chi connectivity index (χ3v) is 4.22. The van der Waals surface area contributed by atoms with E-state index in [0.29, 0.717) is 24.3 Å². The number of carbonyl (C=O) groups is 2. The molecule has 2 heterocycles. The zero-order valence-electron chi connectivity index (χ0n) is 13.3. The Labute approximate surface area is 139 Å². The predicted octanol–water partition coefficient (Wildman–Crippen LogP) is 2.16. The first-order chi connectivity index (χ1) is 11.5. The van der Waals surface area contributed by atoms with Crippen LogP contribution < -0.4 is 5.32 Å². The molecule has 7 heteroatoms. The molecular weight excluding hydrogens is 308 g/mol. The Morgan fingerprint density at radius 2 is 2.17 bits per heavy atom. The summed E-state index contributed by atoms with van der Waals surface area (Å²) in [6.07, 6.45) is 5.21. The molecule has 2 aromatic rings. The van der Waals surface area contributed by atoms with Gasteiger partial charge in [0.05, 0.1) is 11.6 Å². The zero-order chi connectivity index (χ0) is 17.2. The summed E-state index contributed by atoms with van der Waals surface area (Å²) in [5, 5.41) is 12.4. The number of nitrogens with one attached hydrogen (secondary N) is 1. The van der Waals surface area contributed by atoms with Crippen LogP contribution in [0.2, 0.25) is 0 Å². The minimum atomic E-state index is -0.870. The van der Waals surface area contributed by atoms with Gasteiger partial charge in [0.15, 0.2) is 0 Å². The van der Waals surface area contributed by atoms with E-state index >= 15 is 0 Å². The maximum atomic E-state index is 12.6. The lowest BCUT2D eigenvalue weighted by Crippen LogP contribution is -2.34. The number of anilines is 2. The van der Waals surface area contributed by atoms with Gasteiger partial charge in [-0.3, -0.25) is 14.6 Å². The van der Waals surface area contributed by atoms with Gasteiger partial charge in [0.25, 0.3) is 5.91 Å². The first kappa shape index (κ1) is 15.9. The van der Waals surface area contributed by atoms with Crippen LogP contribution in [0, 0.1) is 5.41 Å². The van der Waals surface area contributed by atoms with Crippen molar-refractivity contribution in [3.05, 3.63) is 48.4 Å². The van der Waals surface area contributed by atoms with E-state index in [9.17, 15) is 14.7 Å². The van der Waals surface area contributed by atoms with Crippen LogP contribution in [0.25, 0.3) is 0 Å². The van der Waals surface area contributed by atoms with Gasteiger partial charge in [-0.15, -0.1) is 0 Å². The van der Waals surface area contributed by atoms with E-state index < -0.39 is 11.4 Å². The average molecular weight is 326 g/mol. The third-order valence-electron chi connectivity index (χ3n) is 4.22. The fraction of sp³-hybridized carbons (Fsp3) is 0.294. The molecule has 0 saturated carbocycles. The fourth-order valence-electron chi connectivity index (χ4n) is 2.73. The second kappa shape index (κ2) is 6.27. The molecule has 1 atom stereocenters. The third kappa shape index (κ3) is 3.19. The molecular formula is C17H18N4O3. The van der Waals surface area contributed by atoms with E-state index in [1.54, 1.807) is 48.6 Å². The Hall–Kier alpha value is -2.96. The smallest absolute Gasteiger partial charge is 0.311 e. The number of nitrogens with zero attached hydrogens (tertiary/aromatic N) is 3. The molecule has 1 amide bonds. The lowest BCUT2D eigenvalue weighted by Gasteiger charge is -2.20. The number of carboxylic acid groups (broad SMARTS) is 1.